The van der Waals surface area contributed by atoms with Crippen molar-refractivity contribution in [2.45, 2.75) is 13.0 Å². The molecule has 0 aliphatic carbocycles. The number of hydrogen-bond donors (Lipinski definition) is 2. The number of carbonyl (C=O) groups excluding carboxylic acids is 1. The summed E-state index contributed by atoms with van der Waals surface area (Å²) in [6, 6.07) is 10.4. The first-order valence-electron chi connectivity index (χ1n) is 7.09. The van der Waals surface area contributed by atoms with Gasteiger partial charge < -0.3 is 20.1 Å². The van der Waals surface area contributed by atoms with Crippen molar-refractivity contribution in [3.05, 3.63) is 53.8 Å². The number of para-hydroxylation sites is 1. The topological polar surface area (TPSA) is 59.6 Å². The fourth-order valence-corrected chi connectivity index (χ4v) is 2.26. The third-order valence-electron chi connectivity index (χ3n) is 3.33. The molecule has 122 valence electrons. The number of urea groups is 1. The summed E-state index contributed by atoms with van der Waals surface area (Å²) in [7, 11) is 3.09. The highest BCUT2D eigenvalue weighted by Crippen LogP contribution is 2.34. The largest absolute Gasteiger partial charge is 0.493 e. The number of ether oxygens (including phenoxy) is 2. The van der Waals surface area contributed by atoms with Crippen molar-refractivity contribution in [3.8, 4) is 11.5 Å². The number of amides is 2. The van der Waals surface area contributed by atoms with Crippen molar-refractivity contribution < 1.29 is 18.7 Å². The normalized spacial score (nSPS) is 11.5. The molecule has 0 aliphatic heterocycles. The van der Waals surface area contributed by atoms with Gasteiger partial charge in [-0.15, -0.1) is 0 Å². The standard InChI is InChI=1S/C17H19FN2O3/c1-11(14-8-5-9-15(22-2)16(14)23-3)19-17(21)20-13-7-4-6-12(18)10-13/h4-11H,1-3H3,(H2,19,20,21). The fourth-order valence-electron chi connectivity index (χ4n) is 2.26. The maximum atomic E-state index is 13.1. The van der Waals surface area contributed by atoms with E-state index in [0.717, 1.165) is 5.56 Å². The zero-order valence-corrected chi connectivity index (χ0v) is 13.2. The van der Waals surface area contributed by atoms with Crippen LogP contribution in [-0.4, -0.2) is 20.3 Å². The Morgan fingerprint density at radius 3 is 2.52 bits per heavy atom. The van der Waals surface area contributed by atoms with Gasteiger partial charge in [0, 0.05) is 11.3 Å². The molecule has 2 aromatic carbocycles. The molecule has 1 atom stereocenters. The minimum atomic E-state index is -0.437. The quantitative estimate of drug-likeness (QED) is 0.883. The number of benzene rings is 2. The van der Waals surface area contributed by atoms with Gasteiger partial charge in [0.25, 0.3) is 0 Å². The lowest BCUT2D eigenvalue weighted by Gasteiger charge is -2.19. The molecule has 0 fully saturated rings. The minimum Gasteiger partial charge on any atom is -0.493 e. The fraction of sp³-hybridized carbons (Fsp3) is 0.235. The third-order valence-corrected chi connectivity index (χ3v) is 3.33. The number of hydrogen-bond acceptors (Lipinski definition) is 3. The van der Waals surface area contributed by atoms with Crippen LogP contribution >= 0.6 is 0 Å². The van der Waals surface area contributed by atoms with E-state index in [1.807, 2.05) is 19.1 Å². The van der Waals surface area contributed by atoms with E-state index in [-0.39, 0.29) is 6.04 Å². The molecule has 0 heterocycles. The van der Waals surface area contributed by atoms with Gasteiger partial charge in [-0.3, -0.25) is 0 Å². The maximum Gasteiger partial charge on any atom is 0.319 e. The smallest absolute Gasteiger partial charge is 0.319 e. The minimum absolute atomic E-state index is 0.325. The SMILES string of the molecule is COc1cccc(C(C)NC(=O)Nc2cccc(F)c2)c1OC. The van der Waals surface area contributed by atoms with E-state index in [2.05, 4.69) is 10.6 Å². The Morgan fingerprint density at radius 1 is 1.13 bits per heavy atom. The highest BCUT2D eigenvalue weighted by Gasteiger charge is 2.17. The lowest BCUT2D eigenvalue weighted by atomic mass is 10.1. The molecule has 0 radical (unpaired) electrons. The first-order valence-corrected chi connectivity index (χ1v) is 7.09. The van der Waals surface area contributed by atoms with E-state index in [4.69, 9.17) is 9.47 Å². The monoisotopic (exact) mass is 318 g/mol. The summed E-state index contributed by atoms with van der Waals surface area (Å²) < 4.78 is 23.7. The van der Waals surface area contributed by atoms with E-state index in [0.29, 0.717) is 17.2 Å². The molecule has 2 aromatic rings. The Hall–Kier alpha value is -2.76. The molecule has 5 nitrogen and oxygen atoms in total. The molecule has 0 aromatic heterocycles. The van der Waals surface area contributed by atoms with Crippen LogP contribution in [-0.2, 0) is 0 Å². The summed E-state index contributed by atoms with van der Waals surface area (Å²) in [5.74, 6) is 0.739. The lowest BCUT2D eigenvalue weighted by Crippen LogP contribution is -2.31. The molecule has 2 N–H and O–H groups in total. The van der Waals surface area contributed by atoms with Crippen LogP contribution in [0.25, 0.3) is 0 Å². The summed E-state index contributed by atoms with van der Waals surface area (Å²) in [6.45, 7) is 1.82. The maximum absolute atomic E-state index is 13.1. The number of methoxy groups -OCH3 is 2. The van der Waals surface area contributed by atoms with Crippen molar-refractivity contribution in [2.75, 3.05) is 19.5 Å². The second-order valence-corrected chi connectivity index (χ2v) is 4.91. The number of nitrogens with one attached hydrogen (secondary N) is 2. The Bertz CT molecular complexity index is 691. The van der Waals surface area contributed by atoms with Crippen LogP contribution < -0.4 is 20.1 Å². The predicted molar refractivity (Wildman–Crippen MR) is 86.5 cm³/mol. The first kappa shape index (κ1) is 16.6. The summed E-state index contributed by atoms with van der Waals surface area (Å²) in [5, 5.41) is 5.37. The van der Waals surface area contributed by atoms with Crippen LogP contribution in [0.15, 0.2) is 42.5 Å². The Morgan fingerprint density at radius 2 is 1.87 bits per heavy atom. The summed E-state index contributed by atoms with van der Waals surface area (Å²) >= 11 is 0. The van der Waals surface area contributed by atoms with Gasteiger partial charge in [0.1, 0.15) is 5.82 Å². The molecule has 0 saturated heterocycles. The first-order chi connectivity index (χ1) is 11.0. The van der Waals surface area contributed by atoms with Gasteiger partial charge >= 0.3 is 6.03 Å². The average molecular weight is 318 g/mol. The second kappa shape index (κ2) is 7.49. The summed E-state index contributed by atoms with van der Waals surface area (Å²) in [6.07, 6.45) is 0. The molecule has 0 saturated carbocycles. The van der Waals surface area contributed by atoms with E-state index in [1.165, 1.54) is 18.2 Å². The molecule has 0 bridgehead atoms. The van der Waals surface area contributed by atoms with Gasteiger partial charge in [-0.05, 0) is 31.2 Å². The molecule has 6 heteroatoms. The van der Waals surface area contributed by atoms with Crippen molar-refractivity contribution >= 4 is 11.7 Å². The van der Waals surface area contributed by atoms with Crippen LogP contribution in [0.3, 0.4) is 0 Å². The molecule has 23 heavy (non-hydrogen) atoms. The van der Waals surface area contributed by atoms with E-state index in [1.54, 1.807) is 26.4 Å². The molecule has 0 aliphatic rings. The van der Waals surface area contributed by atoms with Crippen molar-refractivity contribution in [2.24, 2.45) is 0 Å². The number of rotatable bonds is 5. The van der Waals surface area contributed by atoms with Crippen LogP contribution in [0.1, 0.15) is 18.5 Å². The predicted octanol–water partition coefficient (Wildman–Crippen LogP) is 3.73. The highest BCUT2D eigenvalue weighted by atomic mass is 19.1. The molecular formula is C17H19FN2O3. The Labute approximate surface area is 134 Å². The average Bonchev–Trinajstić information content (AvgIpc) is 2.53. The summed E-state index contributed by atoms with van der Waals surface area (Å²) in [4.78, 5) is 12.0. The molecule has 1 unspecified atom stereocenters. The second-order valence-electron chi connectivity index (χ2n) is 4.91. The number of carbonyl (C=O) groups is 1. The third kappa shape index (κ3) is 4.12. The molecule has 2 rings (SSSR count). The van der Waals surface area contributed by atoms with Gasteiger partial charge in [-0.25, -0.2) is 9.18 Å². The molecular weight excluding hydrogens is 299 g/mol. The molecule has 0 spiro atoms. The molecule has 2 amide bonds. The van der Waals surface area contributed by atoms with Gasteiger partial charge in [0.2, 0.25) is 0 Å². The van der Waals surface area contributed by atoms with E-state index < -0.39 is 11.8 Å². The lowest BCUT2D eigenvalue weighted by molar-refractivity contribution is 0.249. The van der Waals surface area contributed by atoms with Gasteiger partial charge in [-0.2, -0.15) is 0 Å². The summed E-state index contributed by atoms with van der Waals surface area (Å²) in [5.41, 5.74) is 1.16. The van der Waals surface area contributed by atoms with Crippen LogP contribution in [0.2, 0.25) is 0 Å². The van der Waals surface area contributed by atoms with Crippen molar-refractivity contribution in [1.82, 2.24) is 5.32 Å². The zero-order valence-electron chi connectivity index (χ0n) is 13.2. The van der Waals surface area contributed by atoms with E-state index >= 15 is 0 Å². The van der Waals surface area contributed by atoms with Gasteiger partial charge in [0.05, 0.1) is 20.3 Å². The Balaban J connectivity index is 2.09. The van der Waals surface area contributed by atoms with Crippen LogP contribution in [0, 0.1) is 5.82 Å². The highest BCUT2D eigenvalue weighted by molar-refractivity contribution is 5.89. The van der Waals surface area contributed by atoms with Crippen molar-refractivity contribution in [1.29, 1.82) is 0 Å². The Kier molecular flexibility index (Phi) is 5.41. The number of halogens is 1. The van der Waals surface area contributed by atoms with Crippen LogP contribution in [0.4, 0.5) is 14.9 Å². The van der Waals surface area contributed by atoms with Crippen LogP contribution in [0.5, 0.6) is 11.5 Å². The van der Waals surface area contributed by atoms with Gasteiger partial charge in [0.15, 0.2) is 11.5 Å². The van der Waals surface area contributed by atoms with Gasteiger partial charge in [-0.1, -0.05) is 18.2 Å². The van der Waals surface area contributed by atoms with E-state index in [9.17, 15) is 9.18 Å². The zero-order chi connectivity index (χ0) is 16.8. The van der Waals surface area contributed by atoms with Crippen molar-refractivity contribution in [3.63, 3.8) is 0 Å². The number of anilines is 1.